The number of hydrogen-bond donors (Lipinski definition) is 1. The Bertz CT molecular complexity index is 959. The highest BCUT2D eigenvalue weighted by atomic mass is 35.5. The second-order valence-electron chi connectivity index (χ2n) is 6.20. The van der Waals surface area contributed by atoms with Crippen molar-refractivity contribution in [1.29, 1.82) is 0 Å². The standard InChI is InChI=1S/C20H21ClN4O2S/c1-13(15-5-4-6-16(21)11-15)22-19(26)12-28-20-24-23-14(2)25(20)17-7-9-18(27-3)10-8-17/h4-11,13H,12H2,1-3H3,(H,22,26). The lowest BCUT2D eigenvalue weighted by atomic mass is 10.1. The first-order valence-corrected chi connectivity index (χ1v) is 10.1. The molecule has 1 unspecified atom stereocenters. The second-order valence-corrected chi connectivity index (χ2v) is 7.58. The first-order chi connectivity index (χ1) is 13.5. The number of thioether (sulfide) groups is 1. The lowest BCUT2D eigenvalue weighted by Crippen LogP contribution is -2.28. The number of methoxy groups -OCH3 is 1. The van der Waals surface area contributed by atoms with Gasteiger partial charge in [-0.05, 0) is 55.8 Å². The molecule has 3 rings (SSSR count). The molecule has 0 spiro atoms. The third-order valence-electron chi connectivity index (χ3n) is 4.18. The second kappa shape index (κ2) is 9.12. The van der Waals surface area contributed by atoms with Gasteiger partial charge in [-0.25, -0.2) is 0 Å². The van der Waals surface area contributed by atoms with Crippen LogP contribution in [-0.2, 0) is 4.79 Å². The number of nitrogens with zero attached hydrogens (tertiary/aromatic N) is 3. The van der Waals surface area contributed by atoms with E-state index in [0.717, 1.165) is 22.8 Å². The molecule has 146 valence electrons. The number of ether oxygens (including phenoxy) is 1. The van der Waals surface area contributed by atoms with Crippen molar-refractivity contribution in [2.24, 2.45) is 0 Å². The Balaban J connectivity index is 1.65. The van der Waals surface area contributed by atoms with E-state index in [0.29, 0.717) is 10.2 Å². The van der Waals surface area contributed by atoms with Gasteiger partial charge in [0.05, 0.1) is 18.9 Å². The number of amides is 1. The summed E-state index contributed by atoms with van der Waals surface area (Å²) < 4.78 is 7.11. The quantitative estimate of drug-likeness (QED) is 0.584. The predicted molar refractivity (Wildman–Crippen MR) is 111 cm³/mol. The monoisotopic (exact) mass is 416 g/mol. The summed E-state index contributed by atoms with van der Waals surface area (Å²) in [6.07, 6.45) is 0. The van der Waals surface area contributed by atoms with Gasteiger partial charge >= 0.3 is 0 Å². The van der Waals surface area contributed by atoms with Gasteiger partial charge in [-0.2, -0.15) is 0 Å². The van der Waals surface area contributed by atoms with Crippen LogP contribution in [0.15, 0.2) is 53.7 Å². The summed E-state index contributed by atoms with van der Waals surface area (Å²) in [5.41, 5.74) is 1.88. The minimum absolute atomic E-state index is 0.0839. The van der Waals surface area contributed by atoms with E-state index in [1.165, 1.54) is 11.8 Å². The molecule has 0 radical (unpaired) electrons. The molecule has 0 saturated carbocycles. The number of hydrogen-bond acceptors (Lipinski definition) is 5. The van der Waals surface area contributed by atoms with Gasteiger partial charge in [0.1, 0.15) is 11.6 Å². The van der Waals surface area contributed by atoms with Crippen LogP contribution in [0, 0.1) is 6.92 Å². The van der Waals surface area contributed by atoms with E-state index in [4.69, 9.17) is 16.3 Å². The summed E-state index contributed by atoms with van der Waals surface area (Å²) in [5.74, 6) is 1.68. The molecule has 1 amide bonds. The molecular weight excluding hydrogens is 396 g/mol. The van der Waals surface area contributed by atoms with E-state index in [9.17, 15) is 4.79 Å². The van der Waals surface area contributed by atoms with Crippen molar-refractivity contribution in [2.45, 2.75) is 25.0 Å². The fourth-order valence-electron chi connectivity index (χ4n) is 2.74. The molecule has 0 bridgehead atoms. The highest BCUT2D eigenvalue weighted by Gasteiger charge is 2.15. The van der Waals surface area contributed by atoms with E-state index in [2.05, 4.69) is 15.5 Å². The molecule has 1 N–H and O–H groups in total. The summed E-state index contributed by atoms with van der Waals surface area (Å²) in [5, 5.41) is 12.6. The molecule has 28 heavy (non-hydrogen) atoms. The van der Waals surface area contributed by atoms with Crippen LogP contribution in [0.5, 0.6) is 5.75 Å². The Labute approximate surface area is 173 Å². The Morgan fingerprint density at radius 1 is 1.25 bits per heavy atom. The van der Waals surface area contributed by atoms with Crippen LogP contribution >= 0.6 is 23.4 Å². The van der Waals surface area contributed by atoms with Crippen LogP contribution in [0.3, 0.4) is 0 Å². The van der Waals surface area contributed by atoms with Crippen LogP contribution in [0.2, 0.25) is 5.02 Å². The van der Waals surface area contributed by atoms with Crippen molar-refractivity contribution < 1.29 is 9.53 Å². The lowest BCUT2D eigenvalue weighted by molar-refractivity contribution is -0.119. The number of nitrogens with one attached hydrogen (secondary N) is 1. The molecule has 0 aliphatic carbocycles. The minimum atomic E-state index is -0.131. The summed E-state index contributed by atoms with van der Waals surface area (Å²) in [6.45, 7) is 3.81. The number of aryl methyl sites for hydroxylation is 1. The molecule has 0 aliphatic heterocycles. The van der Waals surface area contributed by atoms with Crippen LogP contribution < -0.4 is 10.1 Å². The topological polar surface area (TPSA) is 69.0 Å². The van der Waals surface area contributed by atoms with Crippen molar-refractivity contribution in [3.63, 3.8) is 0 Å². The summed E-state index contributed by atoms with van der Waals surface area (Å²) >= 11 is 7.36. The minimum Gasteiger partial charge on any atom is -0.497 e. The van der Waals surface area contributed by atoms with Gasteiger partial charge < -0.3 is 10.1 Å². The SMILES string of the molecule is COc1ccc(-n2c(C)nnc2SCC(=O)NC(C)c2cccc(Cl)c2)cc1. The van der Waals surface area contributed by atoms with E-state index < -0.39 is 0 Å². The Hall–Kier alpha value is -2.51. The molecule has 3 aromatic rings. The highest BCUT2D eigenvalue weighted by Crippen LogP contribution is 2.24. The smallest absolute Gasteiger partial charge is 0.230 e. The van der Waals surface area contributed by atoms with Crippen molar-refractivity contribution in [3.8, 4) is 11.4 Å². The maximum Gasteiger partial charge on any atom is 0.230 e. The molecule has 6 nitrogen and oxygen atoms in total. The maximum absolute atomic E-state index is 12.4. The maximum atomic E-state index is 12.4. The molecule has 1 heterocycles. The molecule has 0 fully saturated rings. The van der Waals surface area contributed by atoms with Gasteiger partial charge in [0.2, 0.25) is 5.91 Å². The highest BCUT2D eigenvalue weighted by molar-refractivity contribution is 7.99. The molecule has 1 aromatic heterocycles. The van der Waals surface area contributed by atoms with Crippen LogP contribution in [0.25, 0.3) is 5.69 Å². The Kier molecular flexibility index (Phi) is 6.59. The number of carbonyl (C=O) groups excluding carboxylic acids is 1. The van der Waals surface area contributed by atoms with Crippen molar-refractivity contribution in [1.82, 2.24) is 20.1 Å². The van der Waals surface area contributed by atoms with Gasteiger partial charge in [-0.1, -0.05) is 35.5 Å². The largest absolute Gasteiger partial charge is 0.497 e. The summed E-state index contributed by atoms with van der Waals surface area (Å²) in [6, 6.07) is 15.0. The lowest BCUT2D eigenvalue weighted by Gasteiger charge is -2.14. The van der Waals surface area contributed by atoms with Gasteiger partial charge in [-0.3, -0.25) is 9.36 Å². The first-order valence-electron chi connectivity index (χ1n) is 8.72. The zero-order valence-electron chi connectivity index (χ0n) is 15.8. The average Bonchev–Trinajstić information content (AvgIpc) is 3.07. The van der Waals surface area contributed by atoms with Crippen LogP contribution in [0.1, 0.15) is 24.4 Å². The predicted octanol–water partition coefficient (Wildman–Crippen LogP) is 4.21. The average molecular weight is 417 g/mol. The van der Waals surface area contributed by atoms with Gasteiger partial charge in [0, 0.05) is 10.7 Å². The molecule has 0 aliphatic rings. The molecule has 2 aromatic carbocycles. The first kappa shape index (κ1) is 20.2. The number of benzene rings is 2. The van der Waals surface area contributed by atoms with E-state index in [1.54, 1.807) is 7.11 Å². The van der Waals surface area contributed by atoms with E-state index >= 15 is 0 Å². The van der Waals surface area contributed by atoms with Crippen molar-refractivity contribution in [2.75, 3.05) is 12.9 Å². The number of carbonyl (C=O) groups is 1. The fraction of sp³-hybridized carbons (Fsp3) is 0.250. The number of aromatic nitrogens is 3. The normalized spacial score (nSPS) is 11.9. The number of rotatable bonds is 7. The summed E-state index contributed by atoms with van der Waals surface area (Å²) in [7, 11) is 1.63. The van der Waals surface area contributed by atoms with Crippen molar-refractivity contribution >= 4 is 29.3 Å². The summed E-state index contributed by atoms with van der Waals surface area (Å²) in [4.78, 5) is 12.4. The van der Waals surface area contributed by atoms with Crippen LogP contribution in [-0.4, -0.2) is 33.5 Å². The third kappa shape index (κ3) is 4.85. The zero-order valence-corrected chi connectivity index (χ0v) is 17.4. The molecular formula is C20H21ClN4O2S. The molecule has 8 heteroatoms. The van der Waals surface area contributed by atoms with Gasteiger partial charge in [-0.15, -0.1) is 10.2 Å². The van der Waals surface area contributed by atoms with Gasteiger partial charge in [0.15, 0.2) is 5.16 Å². The van der Waals surface area contributed by atoms with Gasteiger partial charge in [0.25, 0.3) is 0 Å². The van der Waals surface area contributed by atoms with Crippen LogP contribution in [0.4, 0.5) is 0 Å². The molecule has 0 saturated heterocycles. The Morgan fingerprint density at radius 3 is 2.68 bits per heavy atom. The Morgan fingerprint density at radius 2 is 2.00 bits per heavy atom. The number of halogens is 1. The van der Waals surface area contributed by atoms with E-state index in [1.807, 2.05) is 66.9 Å². The van der Waals surface area contributed by atoms with Crippen molar-refractivity contribution in [3.05, 3.63) is 64.9 Å². The third-order valence-corrected chi connectivity index (χ3v) is 5.35. The zero-order chi connectivity index (χ0) is 20.1. The molecule has 1 atom stereocenters. The fourth-order valence-corrected chi connectivity index (χ4v) is 3.74. The van der Waals surface area contributed by atoms with E-state index in [-0.39, 0.29) is 17.7 Å².